The van der Waals surface area contributed by atoms with E-state index in [4.69, 9.17) is 35.4 Å². The summed E-state index contributed by atoms with van der Waals surface area (Å²) in [5.41, 5.74) is 1.58. The Morgan fingerprint density at radius 2 is 1.95 bits per heavy atom. The molecule has 5 nitrogen and oxygen atoms in total. The first-order valence-corrected chi connectivity index (χ1v) is 7.39. The molecule has 0 radical (unpaired) electrons. The number of hydrogen-bond acceptors (Lipinski definition) is 4. The Bertz CT molecular complexity index is 886. The fourth-order valence-electron chi connectivity index (χ4n) is 1.82. The quantitative estimate of drug-likeness (QED) is 0.569. The van der Waals surface area contributed by atoms with Crippen molar-refractivity contribution >= 4 is 41.6 Å². The predicted molar refractivity (Wildman–Crippen MR) is 90.1 cm³/mol. The molecule has 0 bridgehead atoms. The molecule has 1 N–H and O–H groups in total. The third kappa shape index (κ3) is 3.09. The van der Waals surface area contributed by atoms with Gasteiger partial charge in [-0.2, -0.15) is 14.9 Å². The average molecular weight is 350 g/mol. The van der Waals surface area contributed by atoms with E-state index < -0.39 is 0 Å². The van der Waals surface area contributed by atoms with E-state index in [2.05, 4.69) is 20.3 Å². The number of benzene rings is 1. The number of hydrogen-bond donors (Lipinski definition) is 1. The Labute approximate surface area is 141 Å². The maximum Gasteiger partial charge on any atom is 0.216 e. The van der Waals surface area contributed by atoms with Crippen molar-refractivity contribution in [1.29, 1.82) is 0 Å². The summed E-state index contributed by atoms with van der Waals surface area (Å²) in [6.07, 6.45) is 5.04. The van der Waals surface area contributed by atoms with Crippen molar-refractivity contribution in [1.82, 2.24) is 19.9 Å². The summed E-state index contributed by atoms with van der Waals surface area (Å²) in [5.74, 6) is 0.511. The second kappa shape index (κ2) is 6.39. The summed E-state index contributed by atoms with van der Waals surface area (Å²) in [6, 6.07) is 8.82. The number of aromatic nitrogens is 4. The first-order chi connectivity index (χ1) is 10.6. The molecule has 0 fully saturated rings. The van der Waals surface area contributed by atoms with Crippen LogP contribution >= 0.6 is 35.4 Å². The molecule has 2 aromatic heterocycles. The van der Waals surface area contributed by atoms with Gasteiger partial charge in [-0.15, -0.1) is 0 Å². The lowest BCUT2D eigenvalue weighted by Crippen LogP contribution is -1.95. The van der Waals surface area contributed by atoms with Crippen LogP contribution in [0.15, 0.2) is 47.8 Å². The molecular weight excluding hydrogens is 341 g/mol. The topological polar surface area (TPSA) is 58.9 Å². The van der Waals surface area contributed by atoms with Crippen molar-refractivity contribution in [2.24, 2.45) is 5.10 Å². The molecule has 110 valence electrons. The van der Waals surface area contributed by atoms with Crippen LogP contribution in [0.25, 0.3) is 11.4 Å². The predicted octanol–water partition coefficient (Wildman–Crippen LogP) is 4.19. The Kier molecular flexibility index (Phi) is 4.33. The van der Waals surface area contributed by atoms with Crippen LogP contribution in [0.2, 0.25) is 10.0 Å². The molecule has 0 amide bonds. The van der Waals surface area contributed by atoms with Crippen molar-refractivity contribution in [3.8, 4) is 11.4 Å². The van der Waals surface area contributed by atoms with Crippen LogP contribution in [0.4, 0.5) is 0 Å². The van der Waals surface area contributed by atoms with Gasteiger partial charge in [-0.1, -0.05) is 23.2 Å². The third-order valence-corrected chi connectivity index (χ3v) is 3.66. The van der Waals surface area contributed by atoms with Gasteiger partial charge >= 0.3 is 0 Å². The molecule has 0 spiro atoms. The summed E-state index contributed by atoms with van der Waals surface area (Å²) in [6.45, 7) is 0. The molecule has 0 saturated heterocycles. The van der Waals surface area contributed by atoms with Gasteiger partial charge in [0.1, 0.15) is 0 Å². The molecule has 0 aliphatic rings. The van der Waals surface area contributed by atoms with Crippen LogP contribution < -0.4 is 0 Å². The van der Waals surface area contributed by atoms with Crippen LogP contribution in [-0.2, 0) is 0 Å². The lowest BCUT2D eigenvalue weighted by Gasteiger charge is -2.03. The van der Waals surface area contributed by atoms with Gasteiger partial charge in [0.2, 0.25) is 4.77 Å². The fourth-order valence-corrected chi connectivity index (χ4v) is 2.49. The first kappa shape index (κ1) is 14.9. The molecule has 0 aliphatic heterocycles. The van der Waals surface area contributed by atoms with Crippen molar-refractivity contribution in [2.45, 2.75) is 0 Å². The van der Waals surface area contributed by atoms with Gasteiger partial charge in [-0.25, -0.2) is 5.10 Å². The molecule has 22 heavy (non-hydrogen) atoms. The first-order valence-electron chi connectivity index (χ1n) is 6.22. The zero-order valence-electron chi connectivity index (χ0n) is 11.1. The SMILES string of the molecule is S=c1[nH]nc(-c2ccc(Cl)cc2Cl)n1N=Cc1ccncc1. The Balaban J connectivity index is 2.05. The number of aromatic amines is 1. The van der Waals surface area contributed by atoms with E-state index >= 15 is 0 Å². The lowest BCUT2D eigenvalue weighted by molar-refractivity contribution is 0.871. The second-order valence-corrected chi connectivity index (χ2v) is 5.54. The van der Waals surface area contributed by atoms with E-state index in [1.807, 2.05) is 12.1 Å². The number of nitrogens with zero attached hydrogens (tertiary/aromatic N) is 4. The van der Waals surface area contributed by atoms with Crippen LogP contribution in [0, 0.1) is 4.77 Å². The standard InChI is InChI=1S/C14H9Cl2N5S/c15-10-1-2-11(12(16)7-10)13-19-20-14(22)21(13)18-8-9-3-5-17-6-4-9/h1-8H,(H,20,22). The summed E-state index contributed by atoms with van der Waals surface area (Å²) in [7, 11) is 0. The monoisotopic (exact) mass is 349 g/mol. The van der Waals surface area contributed by atoms with Crippen molar-refractivity contribution in [3.63, 3.8) is 0 Å². The fraction of sp³-hybridized carbons (Fsp3) is 0. The van der Waals surface area contributed by atoms with Crippen molar-refractivity contribution < 1.29 is 0 Å². The van der Waals surface area contributed by atoms with E-state index in [0.29, 0.717) is 26.2 Å². The van der Waals surface area contributed by atoms with E-state index in [1.54, 1.807) is 36.8 Å². The maximum absolute atomic E-state index is 6.22. The number of rotatable bonds is 3. The van der Waals surface area contributed by atoms with Crippen molar-refractivity contribution in [3.05, 3.63) is 63.1 Å². The highest BCUT2D eigenvalue weighted by Crippen LogP contribution is 2.29. The molecule has 0 saturated carbocycles. The van der Waals surface area contributed by atoms with E-state index in [-0.39, 0.29) is 0 Å². The van der Waals surface area contributed by atoms with Crippen LogP contribution in [-0.4, -0.2) is 26.1 Å². The largest absolute Gasteiger partial charge is 0.265 e. The van der Waals surface area contributed by atoms with Gasteiger partial charge in [0.25, 0.3) is 0 Å². The van der Waals surface area contributed by atoms with Gasteiger partial charge in [0.15, 0.2) is 5.82 Å². The van der Waals surface area contributed by atoms with Gasteiger partial charge in [0.05, 0.1) is 11.2 Å². The van der Waals surface area contributed by atoms with Crippen LogP contribution in [0.3, 0.4) is 0 Å². The highest BCUT2D eigenvalue weighted by atomic mass is 35.5. The third-order valence-electron chi connectivity index (χ3n) is 2.85. The molecule has 3 rings (SSSR count). The molecule has 0 unspecified atom stereocenters. The van der Waals surface area contributed by atoms with Gasteiger partial charge < -0.3 is 0 Å². The Hall–Kier alpha value is -2.02. The lowest BCUT2D eigenvalue weighted by atomic mass is 10.2. The van der Waals surface area contributed by atoms with Gasteiger partial charge in [-0.05, 0) is 48.1 Å². The normalized spacial score (nSPS) is 11.2. The minimum absolute atomic E-state index is 0.367. The Morgan fingerprint density at radius 1 is 1.18 bits per heavy atom. The summed E-state index contributed by atoms with van der Waals surface area (Å²) < 4.78 is 1.87. The highest BCUT2D eigenvalue weighted by Gasteiger charge is 2.12. The van der Waals surface area contributed by atoms with E-state index in [9.17, 15) is 0 Å². The molecule has 0 atom stereocenters. The molecule has 3 aromatic rings. The molecule has 0 aliphatic carbocycles. The number of nitrogens with one attached hydrogen (secondary N) is 1. The van der Waals surface area contributed by atoms with Gasteiger partial charge in [-0.3, -0.25) is 4.98 Å². The minimum Gasteiger partial charge on any atom is -0.265 e. The smallest absolute Gasteiger partial charge is 0.216 e. The molecule has 1 aromatic carbocycles. The maximum atomic E-state index is 6.22. The van der Waals surface area contributed by atoms with E-state index in [1.165, 1.54) is 4.68 Å². The molecule has 8 heteroatoms. The van der Waals surface area contributed by atoms with Gasteiger partial charge in [0, 0.05) is 23.0 Å². The molecular formula is C14H9Cl2N5S. The highest BCUT2D eigenvalue weighted by molar-refractivity contribution is 7.71. The minimum atomic E-state index is 0.367. The average Bonchev–Trinajstić information content (AvgIpc) is 2.87. The summed E-state index contributed by atoms with van der Waals surface area (Å²) in [4.78, 5) is 3.96. The Morgan fingerprint density at radius 3 is 2.68 bits per heavy atom. The van der Waals surface area contributed by atoms with E-state index in [0.717, 1.165) is 5.56 Å². The number of halogens is 2. The number of pyridine rings is 1. The number of H-pyrrole nitrogens is 1. The zero-order valence-corrected chi connectivity index (χ0v) is 13.4. The van der Waals surface area contributed by atoms with Crippen LogP contribution in [0.1, 0.15) is 5.56 Å². The summed E-state index contributed by atoms with van der Waals surface area (Å²) in [5, 5.41) is 12.3. The molecule has 2 heterocycles. The van der Waals surface area contributed by atoms with Crippen LogP contribution in [0.5, 0.6) is 0 Å². The zero-order chi connectivity index (χ0) is 15.5. The second-order valence-electron chi connectivity index (χ2n) is 4.31. The summed E-state index contributed by atoms with van der Waals surface area (Å²) >= 11 is 17.3. The van der Waals surface area contributed by atoms with Crippen molar-refractivity contribution in [2.75, 3.05) is 0 Å².